The molecule has 100 valence electrons. The summed E-state index contributed by atoms with van der Waals surface area (Å²) in [7, 11) is 0. The number of nitrogens with zero attached hydrogens (tertiary/aromatic N) is 1. The van der Waals surface area contributed by atoms with Gasteiger partial charge in [0.15, 0.2) is 0 Å². The molecule has 0 fully saturated rings. The maximum absolute atomic E-state index is 13.6. The number of halogens is 1. The van der Waals surface area contributed by atoms with Gasteiger partial charge >= 0.3 is 0 Å². The smallest absolute Gasteiger partial charge is 0.126 e. The lowest BCUT2D eigenvalue weighted by Gasteiger charge is -2.07. The minimum Gasteiger partial charge on any atom is -0.248 e. The van der Waals surface area contributed by atoms with Crippen LogP contribution in [0.25, 0.3) is 22.2 Å². The van der Waals surface area contributed by atoms with Gasteiger partial charge in [0.05, 0.1) is 11.2 Å². The van der Waals surface area contributed by atoms with Gasteiger partial charge in [0.2, 0.25) is 0 Å². The number of benzene rings is 2. The summed E-state index contributed by atoms with van der Waals surface area (Å²) in [5, 5.41) is 0.834. The van der Waals surface area contributed by atoms with Crippen molar-refractivity contribution in [1.29, 1.82) is 0 Å². The van der Waals surface area contributed by atoms with Gasteiger partial charge in [-0.25, -0.2) is 9.37 Å². The van der Waals surface area contributed by atoms with E-state index in [9.17, 15) is 4.39 Å². The molecule has 1 nitrogen and oxygen atoms in total. The highest BCUT2D eigenvalue weighted by molar-refractivity contribution is 5.82. The van der Waals surface area contributed by atoms with E-state index in [1.165, 1.54) is 11.1 Å². The van der Waals surface area contributed by atoms with Crippen LogP contribution in [0.2, 0.25) is 0 Å². The lowest BCUT2D eigenvalue weighted by molar-refractivity contribution is 0.620. The van der Waals surface area contributed by atoms with Gasteiger partial charge in [-0.05, 0) is 56.7 Å². The van der Waals surface area contributed by atoms with E-state index in [4.69, 9.17) is 0 Å². The molecular formula is C18H16FN. The van der Waals surface area contributed by atoms with Gasteiger partial charge in [-0.1, -0.05) is 23.3 Å². The minimum atomic E-state index is -0.182. The predicted molar refractivity (Wildman–Crippen MR) is 81.3 cm³/mol. The Morgan fingerprint density at radius 2 is 1.55 bits per heavy atom. The molecule has 0 saturated heterocycles. The molecule has 3 rings (SSSR count). The second kappa shape index (κ2) is 4.71. The SMILES string of the molecule is Cc1cc(C)cc(-c2ccc3cc(F)c(C)cc3n2)c1. The zero-order valence-corrected chi connectivity index (χ0v) is 11.9. The van der Waals surface area contributed by atoms with E-state index >= 15 is 0 Å². The van der Waals surface area contributed by atoms with Gasteiger partial charge in [0.25, 0.3) is 0 Å². The quantitative estimate of drug-likeness (QED) is 0.605. The zero-order chi connectivity index (χ0) is 14.3. The fourth-order valence-corrected chi connectivity index (χ4v) is 2.53. The molecule has 1 aromatic heterocycles. The number of aromatic nitrogens is 1. The van der Waals surface area contributed by atoms with Gasteiger partial charge in [-0.3, -0.25) is 0 Å². The van der Waals surface area contributed by atoms with Gasteiger partial charge in [-0.2, -0.15) is 0 Å². The van der Waals surface area contributed by atoms with Gasteiger partial charge in [0.1, 0.15) is 5.82 Å². The second-order valence-electron chi connectivity index (χ2n) is 5.37. The Morgan fingerprint density at radius 1 is 0.850 bits per heavy atom. The van der Waals surface area contributed by atoms with Crippen LogP contribution < -0.4 is 0 Å². The molecule has 0 radical (unpaired) electrons. The minimum absolute atomic E-state index is 0.182. The number of hydrogen-bond acceptors (Lipinski definition) is 1. The molecule has 0 atom stereocenters. The standard InChI is InChI=1S/C18H16FN/c1-11-6-12(2)8-15(7-11)17-5-4-14-10-16(19)13(3)9-18(14)20-17/h4-10H,1-3H3. The molecule has 0 N–H and O–H groups in total. The molecule has 1 heterocycles. The van der Waals surface area contributed by atoms with Crippen LogP contribution in [0.5, 0.6) is 0 Å². The lowest BCUT2D eigenvalue weighted by atomic mass is 10.0. The van der Waals surface area contributed by atoms with Crippen LogP contribution in [0.3, 0.4) is 0 Å². The van der Waals surface area contributed by atoms with Crippen LogP contribution in [0.4, 0.5) is 4.39 Å². The Kier molecular flexibility index (Phi) is 3.01. The van der Waals surface area contributed by atoms with E-state index in [0.717, 1.165) is 22.2 Å². The van der Waals surface area contributed by atoms with Crippen LogP contribution in [0, 0.1) is 26.6 Å². The number of pyridine rings is 1. The Morgan fingerprint density at radius 3 is 2.25 bits per heavy atom. The molecule has 0 aliphatic carbocycles. The Balaban J connectivity index is 2.19. The normalized spacial score (nSPS) is 11.0. The first-order valence-electron chi connectivity index (χ1n) is 6.68. The van der Waals surface area contributed by atoms with E-state index in [1.807, 2.05) is 12.1 Å². The van der Waals surface area contributed by atoms with Crippen LogP contribution in [0.1, 0.15) is 16.7 Å². The van der Waals surface area contributed by atoms with Crippen LogP contribution >= 0.6 is 0 Å². The highest BCUT2D eigenvalue weighted by Gasteiger charge is 2.05. The monoisotopic (exact) mass is 265 g/mol. The summed E-state index contributed by atoms with van der Waals surface area (Å²) >= 11 is 0. The molecule has 0 unspecified atom stereocenters. The summed E-state index contributed by atoms with van der Waals surface area (Å²) in [5.74, 6) is -0.182. The van der Waals surface area contributed by atoms with Crippen molar-refractivity contribution in [2.45, 2.75) is 20.8 Å². The Labute approximate surface area is 118 Å². The summed E-state index contributed by atoms with van der Waals surface area (Å²) in [6.07, 6.45) is 0. The van der Waals surface area contributed by atoms with Crippen LogP contribution in [-0.4, -0.2) is 4.98 Å². The van der Waals surface area contributed by atoms with Crippen molar-refractivity contribution in [2.75, 3.05) is 0 Å². The summed E-state index contributed by atoms with van der Waals surface area (Å²) in [6.45, 7) is 5.92. The molecule has 20 heavy (non-hydrogen) atoms. The molecule has 0 aliphatic heterocycles. The van der Waals surface area contributed by atoms with Crippen molar-refractivity contribution in [3.63, 3.8) is 0 Å². The highest BCUT2D eigenvalue weighted by atomic mass is 19.1. The summed E-state index contributed by atoms with van der Waals surface area (Å²) < 4.78 is 13.6. The van der Waals surface area contributed by atoms with Crippen molar-refractivity contribution >= 4 is 10.9 Å². The number of aryl methyl sites for hydroxylation is 3. The fourth-order valence-electron chi connectivity index (χ4n) is 2.53. The van der Waals surface area contributed by atoms with Gasteiger partial charge < -0.3 is 0 Å². The first-order valence-corrected chi connectivity index (χ1v) is 6.68. The first-order chi connectivity index (χ1) is 9.52. The summed E-state index contributed by atoms with van der Waals surface area (Å²) in [4.78, 5) is 4.66. The molecule has 0 amide bonds. The molecule has 0 aliphatic rings. The number of fused-ring (bicyclic) bond motifs is 1. The lowest BCUT2D eigenvalue weighted by Crippen LogP contribution is -1.90. The van der Waals surface area contributed by atoms with Gasteiger partial charge in [0, 0.05) is 10.9 Å². The zero-order valence-electron chi connectivity index (χ0n) is 11.9. The molecular weight excluding hydrogens is 249 g/mol. The molecule has 2 heteroatoms. The van der Waals surface area contributed by atoms with Crippen molar-refractivity contribution in [3.8, 4) is 11.3 Å². The largest absolute Gasteiger partial charge is 0.248 e. The summed E-state index contributed by atoms with van der Waals surface area (Å²) in [6, 6.07) is 13.6. The third kappa shape index (κ3) is 2.29. The average molecular weight is 265 g/mol. The Bertz CT molecular complexity index is 786. The fraction of sp³-hybridized carbons (Fsp3) is 0.167. The predicted octanol–water partition coefficient (Wildman–Crippen LogP) is 4.97. The molecule has 2 aromatic carbocycles. The number of hydrogen-bond donors (Lipinski definition) is 0. The highest BCUT2D eigenvalue weighted by Crippen LogP contribution is 2.24. The third-order valence-corrected chi connectivity index (χ3v) is 3.49. The number of rotatable bonds is 1. The van der Waals surface area contributed by atoms with E-state index in [0.29, 0.717) is 5.56 Å². The van der Waals surface area contributed by atoms with Crippen LogP contribution in [-0.2, 0) is 0 Å². The van der Waals surface area contributed by atoms with Crippen LogP contribution in [0.15, 0.2) is 42.5 Å². The van der Waals surface area contributed by atoms with Gasteiger partial charge in [-0.15, -0.1) is 0 Å². The average Bonchev–Trinajstić information content (AvgIpc) is 2.38. The van der Waals surface area contributed by atoms with Crippen molar-refractivity contribution in [2.24, 2.45) is 0 Å². The molecule has 3 aromatic rings. The molecule has 0 bridgehead atoms. The maximum Gasteiger partial charge on any atom is 0.126 e. The van der Waals surface area contributed by atoms with E-state index < -0.39 is 0 Å². The molecule has 0 spiro atoms. The third-order valence-electron chi connectivity index (χ3n) is 3.49. The topological polar surface area (TPSA) is 12.9 Å². The molecule has 0 saturated carbocycles. The van der Waals surface area contributed by atoms with E-state index in [2.05, 4.69) is 37.0 Å². The van der Waals surface area contributed by atoms with Crippen molar-refractivity contribution in [1.82, 2.24) is 4.98 Å². The summed E-state index contributed by atoms with van der Waals surface area (Å²) in [5.41, 5.74) is 5.93. The Hall–Kier alpha value is -2.22. The maximum atomic E-state index is 13.6. The first kappa shape index (κ1) is 12.8. The second-order valence-corrected chi connectivity index (χ2v) is 5.37. The van der Waals surface area contributed by atoms with E-state index in [1.54, 1.807) is 19.1 Å². The van der Waals surface area contributed by atoms with E-state index in [-0.39, 0.29) is 5.82 Å². The van der Waals surface area contributed by atoms with Crippen molar-refractivity contribution in [3.05, 3.63) is 65.0 Å². The van der Waals surface area contributed by atoms with Crippen molar-refractivity contribution < 1.29 is 4.39 Å².